The number of aryl methyl sites for hydroxylation is 1. The van der Waals surface area contributed by atoms with E-state index in [0.717, 1.165) is 32.5 Å². The summed E-state index contributed by atoms with van der Waals surface area (Å²) in [6.45, 7) is 6.84. The second-order valence-electron chi connectivity index (χ2n) is 7.67. The quantitative estimate of drug-likeness (QED) is 0.768. The van der Waals surface area contributed by atoms with E-state index in [0.29, 0.717) is 5.92 Å². The Labute approximate surface area is 167 Å². The first-order chi connectivity index (χ1) is 13.5. The molecular weight excluding hydrogens is 393 g/mol. The van der Waals surface area contributed by atoms with Gasteiger partial charge in [-0.25, -0.2) is 4.79 Å². The number of fused-ring (bicyclic) bond motifs is 1. The maximum atomic E-state index is 12.1. The lowest BCUT2D eigenvalue weighted by atomic mass is 9.91. The molecule has 3 rings (SSSR count). The molecule has 11 heteroatoms. The molecule has 0 aromatic carbocycles. The summed E-state index contributed by atoms with van der Waals surface area (Å²) >= 11 is 0. The van der Waals surface area contributed by atoms with Crippen LogP contribution < -0.4 is 5.32 Å². The van der Waals surface area contributed by atoms with E-state index in [-0.39, 0.29) is 24.2 Å². The number of carboxylic acid groups (broad SMARTS) is 1. The van der Waals surface area contributed by atoms with Crippen molar-refractivity contribution in [1.82, 2.24) is 20.0 Å². The van der Waals surface area contributed by atoms with Crippen LogP contribution in [0.3, 0.4) is 0 Å². The summed E-state index contributed by atoms with van der Waals surface area (Å²) < 4.78 is 39.6. The molecule has 8 nitrogen and oxygen atoms in total. The molecule has 2 aliphatic rings. The van der Waals surface area contributed by atoms with Gasteiger partial charge < -0.3 is 15.2 Å². The van der Waals surface area contributed by atoms with Crippen LogP contribution in [0, 0.1) is 5.92 Å². The minimum Gasteiger partial charge on any atom is -0.475 e. The molecule has 0 unspecified atom stereocenters. The maximum Gasteiger partial charge on any atom is 0.490 e. The van der Waals surface area contributed by atoms with Crippen molar-refractivity contribution in [3.8, 4) is 0 Å². The van der Waals surface area contributed by atoms with Gasteiger partial charge in [0, 0.05) is 37.9 Å². The molecule has 2 fully saturated rings. The molecular formula is C18H27F3N4O4. The first kappa shape index (κ1) is 23.1. The molecule has 1 aromatic rings. The summed E-state index contributed by atoms with van der Waals surface area (Å²) in [4.78, 5) is 23.4. The molecule has 2 saturated heterocycles. The van der Waals surface area contributed by atoms with Crippen LogP contribution in [0.4, 0.5) is 13.2 Å². The maximum absolute atomic E-state index is 12.1. The number of ether oxygens (including phenoxy) is 1. The van der Waals surface area contributed by atoms with Gasteiger partial charge in [-0.1, -0.05) is 0 Å². The minimum atomic E-state index is -5.08. The van der Waals surface area contributed by atoms with Gasteiger partial charge in [0.1, 0.15) is 6.10 Å². The number of carbonyl (C=O) groups is 2. The van der Waals surface area contributed by atoms with E-state index in [9.17, 15) is 18.0 Å². The van der Waals surface area contributed by atoms with Crippen LogP contribution in [0.25, 0.3) is 0 Å². The topological polar surface area (TPSA) is 96.7 Å². The third-order valence-corrected chi connectivity index (χ3v) is 4.77. The highest BCUT2D eigenvalue weighted by Gasteiger charge is 2.42. The van der Waals surface area contributed by atoms with Crippen molar-refractivity contribution in [3.63, 3.8) is 0 Å². The number of likely N-dealkylation sites (tertiary alicyclic amines) is 1. The van der Waals surface area contributed by atoms with Gasteiger partial charge in [-0.2, -0.15) is 18.3 Å². The Bertz CT molecular complexity index is 708. The molecule has 29 heavy (non-hydrogen) atoms. The van der Waals surface area contributed by atoms with E-state index >= 15 is 0 Å². The van der Waals surface area contributed by atoms with Gasteiger partial charge in [0.2, 0.25) is 5.91 Å². The molecule has 2 aliphatic heterocycles. The summed E-state index contributed by atoms with van der Waals surface area (Å²) in [5.74, 6) is -2.19. The van der Waals surface area contributed by atoms with E-state index in [1.165, 1.54) is 5.56 Å². The number of piperidine rings is 1. The number of halogens is 3. The molecule has 3 atom stereocenters. The van der Waals surface area contributed by atoms with E-state index in [2.05, 4.69) is 21.5 Å². The lowest BCUT2D eigenvalue weighted by molar-refractivity contribution is -0.192. The predicted molar refractivity (Wildman–Crippen MR) is 96.8 cm³/mol. The highest BCUT2D eigenvalue weighted by molar-refractivity contribution is 5.81. The number of amides is 1. The highest BCUT2D eigenvalue weighted by Crippen LogP contribution is 2.33. The molecule has 1 aromatic heterocycles. The number of rotatable bonds is 4. The smallest absolute Gasteiger partial charge is 0.475 e. The van der Waals surface area contributed by atoms with Crippen LogP contribution in [-0.4, -0.2) is 69.2 Å². The summed E-state index contributed by atoms with van der Waals surface area (Å²) in [5, 5.41) is 14.3. The van der Waals surface area contributed by atoms with Gasteiger partial charge >= 0.3 is 12.1 Å². The molecule has 164 valence electrons. The lowest BCUT2D eigenvalue weighted by Gasteiger charge is -2.33. The molecule has 0 bridgehead atoms. The standard InChI is InChI=1S/C16H26N4O2.C2HF3O2/c1-11(2)18-16(21)14-6-13-4-5-20(10-15(13)22-14)9-12-7-17-19(3)8-12;3-2(4,5)1(6)7/h7-8,11,13-15H,4-6,9-10H2,1-3H3,(H,18,21);(H,6,7)/t13-,14-,15+;/m0./s1. The normalized spacial score (nSPS) is 24.6. The molecule has 2 N–H and O–H groups in total. The molecule has 1 amide bonds. The number of alkyl halides is 3. The third kappa shape index (κ3) is 7.00. The number of nitrogens with zero attached hydrogens (tertiary/aromatic N) is 3. The van der Waals surface area contributed by atoms with Crippen LogP contribution in [0.2, 0.25) is 0 Å². The van der Waals surface area contributed by atoms with Crippen LogP contribution >= 0.6 is 0 Å². The average molecular weight is 420 g/mol. The van der Waals surface area contributed by atoms with E-state index in [1.807, 2.05) is 31.8 Å². The largest absolute Gasteiger partial charge is 0.490 e. The SMILES string of the molecule is CC(C)NC(=O)[C@@H]1C[C@@H]2CCN(Cc3cnn(C)c3)C[C@H]2O1.O=C(O)C(F)(F)F. The van der Waals surface area contributed by atoms with Crippen LogP contribution in [0.1, 0.15) is 32.3 Å². The Balaban J connectivity index is 0.000000370. The third-order valence-electron chi connectivity index (χ3n) is 4.77. The summed E-state index contributed by atoms with van der Waals surface area (Å²) in [6, 6.07) is 0.167. The monoisotopic (exact) mass is 420 g/mol. The molecule has 0 spiro atoms. The Morgan fingerprint density at radius 2 is 2.07 bits per heavy atom. The minimum absolute atomic E-state index is 0.0446. The van der Waals surface area contributed by atoms with Crippen molar-refractivity contribution >= 4 is 11.9 Å². The zero-order chi connectivity index (χ0) is 21.8. The number of aliphatic carboxylic acids is 1. The van der Waals surface area contributed by atoms with E-state index in [1.54, 1.807) is 0 Å². The zero-order valence-corrected chi connectivity index (χ0v) is 16.6. The van der Waals surface area contributed by atoms with Gasteiger partial charge in [0.25, 0.3) is 0 Å². The molecule has 0 radical (unpaired) electrons. The zero-order valence-electron chi connectivity index (χ0n) is 16.6. The van der Waals surface area contributed by atoms with Crippen molar-refractivity contribution in [2.24, 2.45) is 13.0 Å². The van der Waals surface area contributed by atoms with Crippen LogP contribution in [0.15, 0.2) is 12.4 Å². The molecule has 3 heterocycles. The fourth-order valence-electron chi connectivity index (χ4n) is 3.50. The fraction of sp³-hybridized carbons (Fsp3) is 0.722. The summed E-state index contributed by atoms with van der Waals surface area (Å²) in [7, 11) is 1.94. The molecule has 0 saturated carbocycles. The number of carbonyl (C=O) groups excluding carboxylic acids is 1. The number of hydrogen-bond acceptors (Lipinski definition) is 5. The fourth-order valence-corrected chi connectivity index (χ4v) is 3.50. The van der Waals surface area contributed by atoms with Crippen LogP contribution in [-0.2, 0) is 27.9 Å². The second-order valence-corrected chi connectivity index (χ2v) is 7.67. The van der Waals surface area contributed by atoms with Crippen molar-refractivity contribution in [1.29, 1.82) is 0 Å². The summed E-state index contributed by atoms with van der Waals surface area (Å²) in [6.07, 6.45) is 0.783. The number of carboxylic acids is 1. The number of aromatic nitrogens is 2. The van der Waals surface area contributed by atoms with Gasteiger partial charge in [-0.05, 0) is 39.2 Å². The Morgan fingerprint density at radius 3 is 2.59 bits per heavy atom. The van der Waals surface area contributed by atoms with E-state index in [4.69, 9.17) is 14.6 Å². The van der Waals surface area contributed by atoms with Crippen molar-refractivity contribution in [2.75, 3.05) is 13.1 Å². The lowest BCUT2D eigenvalue weighted by Crippen LogP contribution is -2.42. The Hall–Kier alpha value is -2.14. The highest BCUT2D eigenvalue weighted by atomic mass is 19.4. The van der Waals surface area contributed by atoms with Gasteiger partial charge in [-0.3, -0.25) is 14.4 Å². The first-order valence-electron chi connectivity index (χ1n) is 9.41. The van der Waals surface area contributed by atoms with Gasteiger partial charge in [0.05, 0.1) is 12.3 Å². The molecule has 0 aliphatic carbocycles. The number of nitrogens with one attached hydrogen (secondary N) is 1. The average Bonchev–Trinajstić information content (AvgIpc) is 3.19. The number of hydrogen-bond donors (Lipinski definition) is 2. The summed E-state index contributed by atoms with van der Waals surface area (Å²) in [5.41, 5.74) is 1.23. The predicted octanol–water partition coefficient (Wildman–Crippen LogP) is 1.56. The first-order valence-corrected chi connectivity index (χ1v) is 9.41. The van der Waals surface area contributed by atoms with Crippen LogP contribution in [0.5, 0.6) is 0 Å². The Kier molecular flexibility index (Phi) is 7.64. The second kappa shape index (κ2) is 9.57. The van der Waals surface area contributed by atoms with Crippen molar-refractivity contribution in [3.05, 3.63) is 18.0 Å². The van der Waals surface area contributed by atoms with E-state index < -0.39 is 12.1 Å². The van der Waals surface area contributed by atoms with Gasteiger partial charge in [0.15, 0.2) is 0 Å². The van der Waals surface area contributed by atoms with Gasteiger partial charge in [-0.15, -0.1) is 0 Å². The Morgan fingerprint density at radius 1 is 1.41 bits per heavy atom. The van der Waals surface area contributed by atoms with Crippen molar-refractivity contribution < 1.29 is 32.6 Å². The van der Waals surface area contributed by atoms with Crippen molar-refractivity contribution in [2.45, 2.75) is 57.7 Å².